The highest BCUT2D eigenvalue weighted by Gasteiger charge is 2.32. The van der Waals surface area contributed by atoms with E-state index in [9.17, 15) is 14.9 Å². The number of thioether (sulfide) groups is 1. The Morgan fingerprint density at radius 2 is 1.77 bits per heavy atom. The van der Waals surface area contributed by atoms with Gasteiger partial charge in [-0.2, -0.15) is 0 Å². The van der Waals surface area contributed by atoms with Crippen molar-refractivity contribution in [3.8, 4) is 0 Å². The molecule has 0 radical (unpaired) electrons. The second-order valence-electron chi connectivity index (χ2n) is 5.22. The number of benzene rings is 2. The van der Waals surface area contributed by atoms with Crippen molar-refractivity contribution in [2.75, 3.05) is 4.90 Å². The Morgan fingerprint density at radius 3 is 2.38 bits per heavy atom. The van der Waals surface area contributed by atoms with Gasteiger partial charge in [-0.25, -0.2) is 0 Å². The summed E-state index contributed by atoms with van der Waals surface area (Å²) in [5.41, 5.74) is 1.49. The minimum atomic E-state index is -0.449. The van der Waals surface area contributed by atoms with Crippen LogP contribution < -0.4 is 4.90 Å². The molecule has 0 N–H and O–H groups in total. The monoisotopic (exact) mass is 402 g/mol. The van der Waals surface area contributed by atoms with E-state index < -0.39 is 4.92 Å². The first kappa shape index (κ1) is 18.3. The molecular formula is C18H11ClN2O3S2. The average Bonchev–Trinajstić information content (AvgIpc) is 2.90. The summed E-state index contributed by atoms with van der Waals surface area (Å²) in [5.74, 6) is -0.198. The number of thiocarbonyl (C=S) groups is 1. The molecular weight excluding hydrogens is 392 g/mol. The first-order chi connectivity index (χ1) is 12.5. The lowest BCUT2D eigenvalue weighted by atomic mass is 10.2. The van der Waals surface area contributed by atoms with Gasteiger partial charge >= 0.3 is 0 Å². The Balaban J connectivity index is 1.75. The summed E-state index contributed by atoms with van der Waals surface area (Å²) < 4.78 is 0.451. The van der Waals surface area contributed by atoms with Crippen molar-refractivity contribution in [1.82, 2.24) is 0 Å². The minimum absolute atomic E-state index is 0.0333. The molecule has 130 valence electrons. The molecule has 2 aromatic rings. The number of halogens is 1. The molecule has 1 amide bonds. The van der Waals surface area contributed by atoms with Crippen LogP contribution in [0.1, 0.15) is 5.56 Å². The summed E-state index contributed by atoms with van der Waals surface area (Å²) in [6, 6.07) is 13.0. The van der Waals surface area contributed by atoms with E-state index in [1.165, 1.54) is 28.8 Å². The van der Waals surface area contributed by atoms with Crippen molar-refractivity contribution in [1.29, 1.82) is 0 Å². The predicted octanol–water partition coefficient (Wildman–Crippen LogP) is 5.21. The lowest BCUT2D eigenvalue weighted by Gasteiger charge is -2.14. The number of carbonyl (C=O) groups is 1. The molecule has 0 spiro atoms. The van der Waals surface area contributed by atoms with Crippen molar-refractivity contribution in [2.45, 2.75) is 0 Å². The lowest BCUT2D eigenvalue weighted by Crippen LogP contribution is -2.27. The smallest absolute Gasteiger partial charge is 0.268 e. The van der Waals surface area contributed by atoms with Gasteiger partial charge in [-0.15, -0.1) is 0 Å². The first-order valence-electron chi connectivity index (χ1n) is 7.40. The number of nitro groups is 1. The SMILES string of the molecule is O=C1/C(=C\C=C\c2ccc([N+](=O)[O-])cc2)SC(=S)N1c1ccc(Cl)cc1. The van der Waals surface area contributed by atoms with Crippen LogP contribution in [0.5, 0.6) is 0 Å². The molecule has 0 saturated carbocycles. The van der Waals surface area contributed by atoms with E-state index in [0.29, 0.717) is 19.9 Å². The molecule has 8 heteroatoms. The molecule has 0 bridgehead atoms. The molecule has 1 fully saturated rings. The number of allylic oxidation sites excluding steroid dienone is 2. The van der Waals surface area contributed by atoms with Crippen LogP contribution in [0, 0.1) is 10.1 Å². The summed E-state index contributed by atoms with van der Waals surface area (Å²) in [4.78, 5) is 24.7. The van der Waals surface area contributed by atoms with E-state index in [-0.39, 0.29) is 11.6 Å². The van der Waals surface area contributed by atoms with Crippen LogP contribution >= 0.6 is 35.6 Å². The molecule has 0 unspecified atom stereocenters. The van der Waals surface area contributed by atoms with Crippen molar-refractivity contribution < 1.29 is 9.72 Å². The van der Waals surface area contributed by atoms with Gasteiger partial charge in [-0.05, 0) is 48.0 Å². The third kappa shape index (κ3) is 4.01. The summed E-state index contributed by atoms with van der Waals surface area (Å²) in [6.07, 6.45) is 5.16. The summed E-state index contributed by atoms with van der Waals surface area (Å²) >= 11 is 12.4. The van der Waals surface area contributed by atoms with Gasteiger partial charge in [-0.3, -0.25) is 19.8 Å². The Kier molecular flexibility index (Phi) is 5.51. The summed E-state index contributed by atoms with van der Waals surface area (Å²) in [6.45, 7) is 0. The Hall–Kier alpha value is -2.48. The molecule has 3 rings (SSSR count). The van der Waals surface area contributed by atoms with Crippen LogP contribution in [0.15, 0.2) is 65.6 Å². The van der Waals surface area contributed by atoms with Crippen molar-refractivity contribution >= 4 is 63.3 Å². The lowest BCUT2D eigenvalue weighted by molar-refractivity contribution is -0.384. The number of hydrogen-bond donors (Lipinski definition) is 0. The highest BCUT2D eigenvalue weighted by Crippen LogP contribution is 2.35. The van der Waals surface area contributed by atoms with Gasteiger partial charge in [0, 0.05) is 17.2 Å². The number of nitro benzene ring substituents is 1. The first-order valence-corrected chi connectivity index (χ1v) is 9.00. The number of carbonyl (C=O) groups excluding carboxylic acids is 1. The zero-order valence-corrected chi connectivity index (χ0v) is 15.6. The Morgan fingerprint density at radius 1 is 1.12 bits per heavy atom. The zero-order valence-electron chi connectivity index (χ0n) is 13.2. The fourth-order valence-corrected chi connectivity index (χ4v) is 3.62. The van der Waals surface area contributed by atoms with Gasteiger partial charge in [0.05, 0.1) is 15.5 Å². The Labute approximate surface area is 164 Å². The number of anilines is 1. The van der Waals surface area contributed by atoms with Gasteiger partial charge in [0.25, 0.3) is 11.6 Å². The number of amides is 1. The average molecular weight is 403 g/mol. The number of non-ortho nitro benzene ring substituents is 1. The summed E-state index contributed by atoms with van der Waals surface area (Å²) in [5, 5.41) is 11.2. The maximum absolute atomic E-state index is 12.6. The molecule has 2 aromatic carbocycles. The molecule has 1 aliphatic heterocycles. The second kappa shape index (κ2) is 7.82. The highest BCUT2D eigenvalue weighted by atomic mass is 35.5. The quantitative estimate of drug-likeness (QED) is 0.304. The van der Waals surface area contributed by atoms with Crippen molar-refractivity contribution in [3.63, 3.8) is 0 Å². The van der Waals surface area contributed by atoms with E-state index in [0.717, 1.165) is 5.56 Å². The molecule has 0 atom stereocenters. The van der Waals surface area contributed by atoms with Crippen LogP contribution in [0.3, 0.4) is 0 Å². The van der Waals surface area contributed by atoms with E-state index in [1.807, 2.05) is 0 Å². The van der Waals surface area contributed by atoms with Gasteiger partial charge in [0.2, 0.25) is 0 Å². The molecule has 1 saturated heterocycles. The largest absolute Gasteiger partial charge is 0.270 e. The third-order valence-corrected chi connectivity index (χ3v) is 5.09. The van der Waals surface area contributed by atoms with Gasteiger partial charge in [0.15, 0.2) is 4.32 Å². The topological polar surface area (TPSA) is 63.4 Å². The third-order valence-electron chi connectivity index (χ3n) is 3.52. The van der Waals surface area contributed by atoms with Crippen LogP contribution in [0.2, 0.25) is 5.02 Å². The fraction of sp³-hybridized carbons (Fsp3) is 0. The summed E-state index contributed by atoms with van der Waals surface area (Å²) in [7, 11) is 0. The van der Waals surface area contributed by atoms with Gasteiger partial charge < -0.3 is 0 Å². The number of nitrogens with zero attached hydrogens (tertiary/aromatic N) is 2. The van der Waals surface area contributed by atoms with Gasteiger partial charge in [0.1, 0.15) is 0 Å². The molecule has 1 aliphatic rings. The zero-order chi connectivity index (χ0) is 18.7. The van der Waals surface area contributed by atoms with Gasteiger partial charge in [-0.1, -0.05) is 47.7 Å². The highest BCUT2D eigenvalue weighted by molar-refractivity contribution is 8.27. The molecule has 5 nitrogen and oxygen atoms in total. The van der Waals surface area contributed by atoms with E-state index in [2.05, 4.69) is 0 Å². The van der Waals surface area contributed by atoms with Crippen molar-refractivity contribution in [2.24, 2.45) is 0 Å². The number of rotatable bonds is 4. The molecule has 26 heavy (non-hydrogen) atoms. The predicted molar refractivity (Wildman–Crippen MR) is 109 cm³/mol. The standard InChI is InChI=1S/C18H11ClN2O3S2/c19-13-6-10-14(11-7-13)20-17(22)16(26-18(20)25)3-1-2-12-4-8-15(9-5-12)21(23)24/h1-11H/b2-1+,16-3+. The van der Waals surface area contributed by atoms with E-state index in [4.69, 9.17) is 23.8 Å². The normalized spacial score (nSPS) is 16.0. The van der Waals surface area contributed by atoms with Crippen LogP contribution in [0.25, 0.3) is 6.08 Å². The van der Waals surface area contributed by atoms with E-state index in [1.54, 1.807) is 54.6 Å². The fourth-order valence-electron chi connectivity index (χ4n) is 2.25. The molecule has 1 heterocycles. The van der Waals surface area contributed by atoms with Crippen LogP contribution in [-0.2, 0) is 4.79 Å². The maximum atomic E-state index is 12.6. The number of hydrogen-bond acceptors (Lipinski definition) is 5. The Bertz CT molecular complexity index is 938. The van der Waals surface area contributed by atoms with Crippen molar-refractivity contribution in [3.05, 3.63) is 86.3 Å². The molecule has 0 aliphatic carbocycles. The van der Waals surface area contributed by atoms with Crippen LogP contribution in [-0.4, -0.2) is 15.2 Å². The maximum Gasteiger partial charge on any atom is 0.270 e. The minimum Gasteiger partial charge on any atom is -0.268 e. The van der Waals surface area contributed by atoms with Crippen LogP contribution in [0.4, 0.5) is 11.4 Å². The molecule has 0 aromatic heterocycles. The van der Waals surface area contributed by atoms with E-state index >= 15 is 0 Å². The second-order valence-corrected chi connectivity index (χ2v) is 7.34.